The van der Waals surface area contributed by atoms with Gasteiger partial charge in [-0.3, -0.25) is 0 Å². The van der Waals surface area contributed by atoms with E-state index in [-0.39, 0.29) is 12.6 Å². The van der Waals surface area contributed by atoms with Crippen LogP contribution in [-0.2, 0) is 6.61 Å². The molecule has 0 heterocycles. The topological polar surface area (TPSA) is 64.7 Å². The molecular formula is C19H25NO3. The van der Waals surface area contributed by atoms with Crippen LogP contribution in [-0.4, -0.2) is 18.8 Å². The predicted octanol–water partition coefficient (Wildman–Crippen LogP) is 3.29. The van der Waals surface area contributed by atoms with Gasteiger partial charge in [-0.15, -0.1) is 0 Å². The molecule has 2 rings (SSSR count). The van der Waals surface area contributed by atoms with E-state index in [0.717, 1.165) is 11.1 Å². The van der Waals surface area contributed by atoms with E-state index in [1.165, 1.54) is 0 Å². The molecule has 4 heteroatoms. The average Bonchev–Trinajstić information content (AvgIpc) is 2.60. The van der Waals surface area contributed by atoms with Crippen molar-refractivity contribution in [2.75, 3.05) is 13.7 Å². The second kappa shape index (κ2) is 7.49. The molecule has 124 valence electrons. The van der Waals surface area contributed by atoms with Crippen LogP contribution in [0.1, 0.15) is 31.0 Å². The van der Waals surface area contributed by atoms with Gasteiger partial charge in [0.15, 0.2) is 11.5 Å². The summed E-state index contributed by atoms with van der Waals surface area (Å²) in [6, 6.07) is 15.3. The fourth-order valence-corrected chi connectivity index (χ4v) is 2.28. The van der Waals surface area contributed by atoms with Crippen LogP contribution in [0.4, 0.5) is 0 Å². The zero-order chi connectivity index (χ0) is 16.9. The van der Waals surface area contributed by atoms with Gasteiger partial charge in [-0.05, 0) is 23.3 Å². The first-order valence-electron chi connectivity index (χ1n) is 7.69. The third kappa shape index (κ3) is 4.24. The van der Waals surface area contributed by atoms with Crippen LogP contribution >= 0.6 is 0 Å². The minimum absolute atomic E-state index is 0.0166. The van der Waals surface area contributed by atoms with Gasteiger partial charge in [0.05, 0.1) is 7.11 Å². The summed E-state index contributed by atoms with van der Waals surface area (Å²) >= 11 is 0. The van der Waals surface area contributed by atoms with E-state index in [0.29, 0.717) is 18.1 Å². The number of aliphatic hydroxyl groups is 1. The number of nitrogens with two attached hydrogens (primary N) is 1. The zero-order valence-corrected chi connectivity index (χ0v) is 14.0. The first kappa shape index (κ1) is 17.3. The molecular weight excluding hydrogens is 290 g/mol. The summed E-state index contributed by atoms with van der Waals surface area (Å²) in [5.41, 5.74) is 7.86. The van der Waals surface area contributed by atoms with Crippen molar-refractivity contribution in [3.8, 4) is 11.5 Å². The maximum Gasteiger partial charge on any atom is 0.161 e. The van der Waals surface area contributed by atoms with E-state index >= 15 is 0 Å². The molecule has 0 fully saturated rings. The van der Waals surface area contributed by atoms with Crippen molar-refractivity contribution >= 4 is 0 Å². The second-order valence-electron chi connectivity index (χ2n) is 6.31. The summed E-state index contributed by atoms with van der Waals surface area (Å²) in [4.78, 5) is 0. The Labute approximate surface area is 137 Å². The third-order valence-electron chi connectivity index (χ3n) is 4.03. The Balaban J connectivity index is 2.16. The van der Waals surface area contributed by atoms with Crippen molar-refractivity contribution in [2.45, 2.75) is 26.5 Å². The first-order valence-corrected chi connectivity index (χ1v) is 7.69. The molecule has 0 aromatic heterocycles. The van der Waals surface area contributed by atoms with E-state index in [2.05, 4.69) is 0 Å². The second-order valence-corrected chi connectivity index (χ2v) is 6.31. The SMILES string of the molecule is COc1cc([C@@H](N)C(C)(C)CO)ccc1OCc1ccccc1. The van der Waals surface area contributed by atoms with Gasteiger partial charge in [-0.25, -0.2) is 0 Å². The fourth-order valence-electron chi connectivity index (χ4n) is 2.28. The summed E-state index contributed by atoms with van der Waals surface area (Å²) in [6.45, 7) is 4.36. The summed E-state index contributed by atoms with van der Waals surface area (Å²) in [5.74, 6) is 1.32. The molecule has 3 N–H and O–H groups in total. The van der Waals surface area contributed by atoms with Crippen molar-refractivity contribution in [3.05, 3.63) is 59.7 Å². The number of rotatable bonds is 7. The Morgan fingerprint density at radius 1 is 1.09 bits per heavy atom. The molecule has 0 bridgehead atoms. The molecule has 0 aliphatic rings. The van der Waals surface area contributed by atoms with Crippen molar-refractivity contribution < 1.29 is 14.6 Å². The van der Waals surface area contributed by atoms with Gasteiger partial charge in [-0.2, -0.15) is 0 Å². The molecule has 1 atom stereocenters. The largest absolute Gasteiger partial charge is 0.493 e. The molecule has 2 aromatic rings. The number of benzene rings is 2. The van der Waals surface area contributed by atoms with Crippen molar-refractivity contribution in [2.24, 2.45) is 11.1 Å². The molecule has 0 aliphatic carbocycles. The van der Waals surface area contributed by atoms with Crippen LogP contribution in [0.5, 0.6) is 11.5 Å². The number of methoxy groups -OCH3 is 1. The molecule has 0 spiro atoms. The van der Waals surface area contributed by atoms with Crippen molar-refractivity contribution in [1.82, 2.24) is 0 Å². The van der Waals surface area contributed by atoms with Crippen LogP contribution in [0.2, 0.25) is 0 Å². The van der Waals surface area contributed by atoms with Gasteiger partial charge in [0.25, 0.3) is 0 Å². The van der Waals surface area contributed by atoms with Crippen LogP contribution in [0.3, 0.4) is 0 Å². The summed E-state index contributed by atoms with van der Waals surface area (Å²) in [6.07, 6.45) is 0. The molecule has 0 radical (unpaired) electrons. The standard InChI is InChI=1S/C19H25NO3/c1-19(2,13-21)18(20)15-9-10-16(17(11-15)22-3)23-12-14-7-5-4-6-8-14/h4-11,18,21H,12-13,20H2,1-3H3/t18-/m1/s1. The lowest BCUT2D eigenvalue weighted by Gasteiger charge is -2.30. The first-order chi connectivity index (χ1) is 11.0. The molecule has 2 aromatic carbocycles. The molecule has 0 saturated heterocycles. The quantitative estimate of drug-likeness (QED) is 0.823. The number of aliphatic hydroxyl groups excluding tert-OH is 1. The molecule has 0 saturated carbocycles. The van der Waals surface area contributed by atoms with Gasteiger partial charge < -0.3 is 20.3 Å². The highest BCUT2D eigenvalue weighted by atomic mass is 16.5. The Morgan fingerprint density at radius 2 is 1.78 bits per heavy atom. The molecule has 4 nitrogen and oxygen atoms in total. The lowest BCUT2D eigenvalue weighted by molar-refractivity contribution is 0.132. The van der Waals surface area contributed by atoms with E-state index < -0.39 is 5.41 Å². The zero-order valence-electron chi connectivity index (χ0n) is 14.0. The van der Waals surface area contributed by atoms with Crippen LogP contribution in [0.25, 0.3) is 0 Å². The van der Waals surface area contributed by atoms with Gasteiger partial charge in [-0.1, -0.05) is 50.2 Å². The van der Waals surface area contributed by atoms with Crippen molar-refractivity contribution in [1.29, 1.82) is 0 Å². The van der Waals surface area contributed by atoms with Gasteiger partial charge in [0.1, 0.15) is 6.61 Å². The summed E-state index contributed by atoms with van der Waals surface area (Å²) in [5, 5.41) is 9.48. The number of ether oxygens (including phenoxy) is 2. The lowest BCUT2D eigenvalue weighted by atomic mass is 9.82. The number of hydrogen-bond acceptors (Lipinski definition) is 4. The van der Waals surface area contributed by atoms with Gasteiger partial charge >= 0.3 is 0 Å². The molecule has 0 unspecified atom stereocenters. The van der Waals surface area contributed by atoms with Gasteiger partial charge in [0, 0.05) is 18.1 Å². The van der Waals surface area contributed by atoms with Crippen LogP contribution in [0, 0.1) is 5.41 Å². The Hall–Kier alpha value is -2.04. The summed E-state index contributed by atoms with van der Waals surface area (Å²) < 4.78 is 11.3. The van der Waals surface area contributed by atoms with E-state index in [1.54, 1.807) is 7.11 Å². The smallest absolute Gasteiger partial charge is 0.161 e. The molecule has 0 amide bonds. The predicted molar refractivity (Wildman–Crippen MR) is 91.6 cm³/mol. The lowest BCUT2D eigenvalue weighted by Crippen LogP contribution is -2.32. The Morgan fingerprint density at radius 3 is 2.39 bits per heavy atom. The summed E-state index contributed by atoms with van der Waals surface area (Å²) in [7, 11) is 1.61. The third-order valence-corrected chi connectivity index (χ3v) is 4.03. The normalized spacial score (nSPS) is 12.7. The number of hydrogen-bond donors (Lipinski definition) is 2. The minimum Gasteiger partial charge on any atom is -0.493 e. The monoisotopic (exact) mass is 315 g/mol. The van der Waals surface area contributed by atoms with E-state index in [1.807, 2.05) is 62.4 Å². The Bertz CT molecular complexity index is 626. The van der Waals surface area contributed by atoms with Gasteiger partial charge in [0.2, 0.25) is 0 Å². The van der Waals surface area contributed by atoms with E-state index in [9.17, 15) is 5.11 Å². The Kier molecular flexibility index (Phi) is 5.64. The maximum absolute atomic E-state index is 9.48. The molecule has 0 aliphatic heterocycles. The molecule has 23 heavy (non-hydrogen) atoms. The highest BCUT2D eigenvalue weighted by molar-refractivity contribution is 5.44. The maximum atomic E-state index is 9.48. The highest BCUT2D eigenvalue weighted by Gasteiger charge is 2.27. The fraction of sp³-hybridized carbons (Fsp3) is 0.368. The van der Waals surface area contributed by atoms with Crippen molar-refractivity contribution in [3.63, 3.8) is 0 Å². The highest BCUT2D eigenvalue weighted by Crippen LogP contribution is 2.36. The van der Waals surface area contributed by atoms with Crippen LogP contribution in [0.15, 0.2) is 48.5 Å². The average molecular weight is 315 g/mol. The van der Waals surface area contributed by atoms with E-state index in [4.69, 9.17) is 15.2 Å². The minimum atomic E-state index is -0.405. The van der Waals surface area contributed by atoms with Crippen LogP contribution < -0.4 is 15.2 Å².